The Morgan fingerprint density at radius 1 is 1.23 bits per heavy atom. The summed E-state index contributed by atoms with van der Waals surface area (Å²) >= 11 is 3.21. The summed E-state index contributed by atoms with van der Waals surface area (Å²) in [5.41, 5.74) is 0.593. The summed E-state index contributed by atoms with van der Waals surface area (Å²) in [6.45, 7) is 6.80. The number of nitrogens with one attached hydrogen (secondary N) is 1. The second-order valence-electron chi connectivity index (χ2n) is 7.29. The molecule has 1 aromatic carbocycles. The molecule has 0 spiro atoms. The number of nitrogens with zero attached hydrogens (tertiary/aromatic N) is 3. The fraction of sp³-hybridized carbons (Fsp3) is 0.409. The number of carbonyl (C=O) groups excluding carboxylic acids is 2. The van der Waals surface area contributed by atoms with Crippen LogP contribution in [-0.4, -0.2) is 60.6 Å². The Labute approximate surface area is 189 Å². The summed E-state index contributed by atoms with van der Waals surface area (Å²) in [7, 11) is 0. The molecule has 7 nitrogen and oxygen atoms in total. The lowest BCUT2D eigenvalue weighted by Gasteiger charge is -2.27. The highest BCUT2D eigenvalue weighted by atomic mass is 79.9. The first kappa shape index (κ1) is 23.1. The maximum atomic E-state index is 14.0. The van der Waals surface area contributed by atoms with Gasteiger partial charge in [-0.15, -0.1) is 0 Å². The molecule has 31 heavy (non-hydrogen) atoms. The molecule has 9 heteroatoms. The van der Waals surface area contributed by atoms with Crippen molar-refractivity contribution in [3.63, 3.8) is 0 Å². The molecule has 166 valence electrons. The number of rotatable bonds is 6. The molecular weight excluding hydrogens is 467 g/mol. The van der Waals surface area contributed by atoms with Crippen LogP contribution in [-0.2, 0) is 9.53 Å². The van der Waals surface area contributed by atoms with E-state index in [4.69, 9.17) is 4.74 Å². The maximum absolute atomic E-state index is 14.0. The number of ether oxygens (including phenoxy) is 1. The van der Waals surface area contributed by atoms with Crippen molar-refractivity contribution in [1.82, 2.24) is 9.88 Å². The summed E-state index contributed by atoms with van der Waals surface area (Å²) < 4.78 is 19.6. The number of halogens is 2. The summed E-state index contributed by atoms with van der Waals surface area (Å²) in [4.78, 5) is 33.1. The van der Waals surface area contributed by atoms with Crippen LogP contribution in [0, 0.1) is 5.82 Å². The fourth-order valence-electron chi connectivity index (χ4n) is 3.46. The highest BCUT2D eigenvalue weighted by molar-refractivity contribution is 9.10. The number of hydrogen-bond acceptors (Lipinski definition) is 6. The van der Waals surface area contributed by atoms with Crippen LogP contribution in [0.5, 0.6) is 0 Å². The van der Waals surface area contributed by atoms with E-state index in [1.807, 2.05) is 13.0 Å². The average molecular weight is 493 g/mol. The zero-order valence-corrected chi connectivity index (χ0v) is 19.2. The minimum atomic E-state index is -0.477. The first-order chi connectivity index (χ1) is 14.9. The van der Waals surface area contributed by atoms with Crippen molar-refractivity contribution in [2.45, 2.75) is 26.3 Å². The van der Waals surface area contributed by atoms with Gasteiger partial charge in [0.1, 0.15) is 11.6 Å². The highest BCUT2D eigenvalue weighted by Gasteiger charge is 2.25. The standard InChI is InChI=1S/C22H26BrFN4O3/c1-3-31-22(30)16-5-8-20(25-14-16)28-10-4-9-27(11-12-28)15(2)21(29)26-19-7-6-17(23)13-18(19)24/h5-8,13-15H,3-4,9-12H2,1-2H3,(H,26,29). The van der Waals surface area contributed by atoms with Crippen molar-refractivity contribution in [2.75, 3.05) is 43.0 Å². The number of amides is 1. The van der Waals surface area contributed by atoms with Gasteiger partial charge in [-0.3, -0.25) is 9.69 Å². The van der Waals surface area contributed by atoms with Gasteiger partial charge in [-0.25, -0.2) is 14.2 Å². The van der Waals surface area contributed by atoms with Crippen molar-refractivity contribution in [3.8, 4) is 0 Å². The monoisotopic (exact) mass is 492 g/mol. The second kappa shape index (κ2) is 10.7. The minimum Gasteiger partial charge on any atom is -0.462 e. The van der Waals surface area contributed by atoms with Crippen LogP contribution in [0.15, 0.2) is 41.0 Å². The molecule has 2 aromatic rings. The molecule has 0 aliphatic carbocycles. The Kier molecular flexibility index (Phi) is 7.97. The molecule has 1 aliphatic rings. The van der Waals surface area contributed by atoms with Crippen molar-refractivity contribution in [2.24, 2.45) is 0 Å². The number of esters is 1. The molecule has 0 saturated carbocycles. The third-order valence-electron chi connectivity index (χ3n) is 5.23. The largest absolute Gasteiger partial charge is 0.462 e. The second-order valence-corrected chi connectivity index (χ2v) is 8.21. The van der Waals surface area contributed by atoms with Crippen LogP contribution >= 0.6 is 15.9 Å². The van der Waals surface area contributed by atoms with Crippen molar-refractivity contribution in [1.29, 1.82) is 0 Å². The van der Waals surface area contributed by atoms with Gasteiger partial charge in [-0.2, -0.15) is 0 Å². The highest BCUT2D eigenvalue weighted by Crippen LogP contribution is 2.21. The molecule has 1 fully saturated rings. The number of carbonyl (C=O) groups is 2. The Morgan fingerprint density at radius 3 is 2.71 bits per heavy atom. The van der Waals surface area contributed by atoms with Gasteiger partial charge in [0.05, 0.1) is 23.9 Å². The summed E-state index contributed by atoms with van der Waals surface area (Å²) in [6, 6.07) is 7.68. The Bertz CT molecular complexity index is 925. The first-order valence-corrected chi connectivity index (χ1v) is 11.1. The number of benzene rings is 1. The van der Waals surface area contributed by atoms with Crippen molar-refractivity contribution in [3.05, 3.63) is 52.4 Å². The van der Waals surface area contributed by atoms with Gasteiger partial charge in [-0.1, -0.05) is 15.9 Å². The zero-order valence-electron chi connectivity index (χ0n) is 17.6. The normalized spacial score (nSPS) is 15.8. The lowest BCUT2D eigenvalue weighted by atomic mass is 10.2. The quantitative estimate of drug-likeness (QED) is 0.619. The van der Waals surface area contributed by atoms with Gasteiger partial charge in [0.25, 0.3) is 0 Å². The Hall–Kier alpha value is -2.52. The van der Waals surface area contributed by atoms with Crippen LogP contribution in [0.3, 0.4) is 0 Å². The molecule has 1 N–H and O–H groups in total. The van der Waals surface area contributed by atoms with E-state index in [1.54, 1.807) is 25.1 Å². The summed E-state index contributed by atoms with van der Waals surface area (Å²) in [5, 5.41) is 2.68. The van der Waals surface area contributed by atoms with Crippen LogP contribution in [0.2, 0.25) is 0 Å². The van der Waals surface area contributed by atoms with Crippen molar-refractivity contribution >= 4 is 39.3 Å². The summed E-state index contributed by atoms with van der Waals surface area (Å²) in [6.07, 6.45) is 2.38. The van der Waals surface area contributed by atoms with E-state index in [1.165, 1.54) is 12.3 Å². The van der Waals surface area contributed by atoms with Gasteiger partial charge < -0.3 is 15.0 Å². The molecule has 0 bridgehead atoms. The van der Waals surface area contributed by atoms with E-state index in [-0.39, 0.29) is 17.6 Å². The molecule has 1 saturated heterocycles. The van der Waals surface area contributed by atoms with Crippen molar-refractivity contribution < 1.29 is 18.7 Å². The predicted octanol–water partition coefficient (Wildman–Crippen LogP) is 3.70. The third-order valence-corrected chi connectivity index (χ3v) is 5.72. The van der Waals surface area contributed by atoms with Crippen LogP contribution in [0.4, 0.5) is 15.9 Å². The number of aromatic nitrogens is 1. The average Bonchev–Trinajstić information content (AvgIpc) is 3.01. The Balaban J connectivity index is 1.58. The van der Waals surface area contributed by atoms with Gasteiger partial charge >= 0.3 is 5.97 Å². The van der Waals surface area contributed by atoms with E-state index >= 15 is 0 Å². The van der Waals surface area contributed by atoms with E-state index in [0.717, 1.165) is 25.3 Å². The van der Waals surface area contributed by atoms with Gasteiger partial charge in [0.15, 0.2) is 0 Å². The number of pyridine rings is 1. The van der Waals surface area contributed by atoms with Gasteiger partial charge in [0, 0.05) is 36.8 Å². The molecule has 1 amide bonds. The third kappa shape index (κ3) is 6.01. The summed E-state index contributed by atoms with van der Waals surface area (Å²) in [5.74, 6) is -0.324. The lowest BCUT2D eigenvalue weighted by Crippen LogP contribution is -2.44. The molecule has 1 unspecified atom stereocenters. The number of hydrogen-bond donors (Lipinski definition) is 1. The van der Waals surface area contributed by atoms with Crippen LogP contribution < -0.4 is 10.2 Å². The molecule has 3 rings (SSSR count). The topological polar surface area (TPSA) is 74.8 Å². The van der Waals surface area contributed by atoms with E-state index in [2.05, 4.69) is 36.0 Å². The molecule has 2 heterocycles. The number of anilines is 2. The Morgan fingerprint density at radius 2 is 2.03 bits per heavy atom. The first-order valence-electron chi connectivity index (χ1n) is 10.3. The molecule has 1 aromatic heterocycles. The lowest BCUT2D eigenvalue weighted by molar-refractivity contribution is -0.120. The van der Waals surface area contributed by atoms with E-state index in [0.29, 0.717) is 29.7 Å². The van der Waals surface area contributed by atoms with Crippen LogP contribution in [0.1, 0.15) is 30.6 Å². The SMILES string of the molecule is CCOC(=O)c1ccc(N2CCCN(C(C)C(=O)Nc3ccc(Br)cc3F)CC2)nc1. The van der Waals surface area contributed by atoms with Crippen LogP contribution in [0.25, 0.3) is 0 Å². The van der Waals surface area contributed by atoms with E-state index < -0.39 is 11.9 Å². The fourth-order valence-corrected chi connectivity index (χ4v) is 3.79. The van der Waals surface area contributed by atoms with E-state index in [9.17, 15) is 14.0 Å². The molecule has 1 aliphatic heterocycles. The minimum absolute atomic E-state index is 0.169. The predicted molar refractivity (Wildman–Crippen MR) is 121 cm³/mol. The maximum Gasteiger partial charge on any atom is 0.339 e. The molecule has 0 radical (unpaired) electrons. The molecule has 1 atom stereocenters. The smallest absolute Gasteiger partial charge is 0.339 e. The van der Waals surface area contributed by atoms with Gasteiger partial charge in [0.2, 0.25) is 5.91 Å². The molecular formula is C22H26BrFN4O3. The van der Waals surface area contributed by atoms with Gasteiger partial charge in [-0.05, 0) is 50.6 Å². The zero-order chi connectivity index (χ0) is 22.4.